The number of hydrogen-bond donors (Lipinski definition) is 1. The van der Waals surface area contributed by atoms with E-state index in [2.05, 4.69) is 24.1 Å². The average molecular weight is 240 g/mol. The summed E-state index contributed by atoms with van der Waals surface area (Å²) in [5.41, 5.74) is 0. The minimum absolute atomic E-state index is 0.628. The van der Waals surface area contributed by atoms with E-state index < -0.39 is 0 Å². The Morgan fingerprint density at radius 2 is 1.76 bits per heavy atom. The maximum absolute atomic E-state index is 5.44. The molecule has 2 rings (SSSR count). The average Bonchev–Trinajstić information content (AvgIpc) is 2.38. The summed E-state index contributed by atoms with van der Waals surface area (Å²) in [6.07, 6.45) is 5.23. The first-order chi connectivity index (χ1) is 8.25. The Bertz CT molecular complexity index is 206. The molecule has 0 saturated carbocycles. The summed E-state index contributed by atoms with van der Waals surface area (Å²) < 4.78 is 5.44. The minimum Gasteiger partial charge on any atom is -0.381 e. The molecule has 3 heteroatoms. The van der Waals surface area contributed by atoms with Crippen LogP contribution in [-0.4, -0.2) is 49.8 Å². The molecular formula is C14H28N2O. The van der Waals surface area contributed by atoms with Gasteiger partial charge in [0.05, 0.1) is 0 Å². The van der Waals surface area contributed by atoms with Gasteiger partial charge in [-0.25, -0.2) is 0 Å². The third-order valence-corrected chi connectivity index (χ3v) is 4.17. The van der Waals surface area contributed by atoms with Crippen LogP contribution < -0.4 is 5.32 Å². The van der Waals surface area contributed by atoms with Crippen LogP contribution in [0, 0.1) is 5.92 Å². The zero-order chi connectivity index (χ0) is 12.1. The van der Waals surface area contributed by atoms with Gasteiger partial charge >= 0.3 is 0 Å². The quantitative estimate of drug-likeness (QED) is 0.812. The van der Waals surface area contributed by atoms with Crippen molar-refractivity contribution in [1.29, 1.82) is 0 Å². The highest BCUT2D eigenvalue weighted by Gasteiger charge is 2.26. The molecule has 2 saturated heterocycles. The van der Waals surface area contributed by atoms with E-state index in [1.807, 2.05) is 0 Å². The smallest absolute Gasteiger partial charge is 0.0480 e. The molecule has 17 heavy (non-hydrogen) atoms. The van der Waals surface area contributed by atoms with E-state index in [0.717, 1.165) is 25.2 Å². The Morgan fingerprint density at radius 3 is 2.35 bits per heavy atom. The number of ether oxygens (including phenoxy) is 1. The monoisotopic (exact) mass is 240 g/mol. The van der Waals surface area contributed by atoms with Crippen molar-refractivity contribution >= 4 is 0 Å². The predicted molar refractivity (Wildman–Crippen MR) is 71.3 cm³/mol. The second-order valence-electron chi connectivity index (χ2n) is 5.89. The molecule has 1 N–H and O–H groups in total. The van der Waals surface area contributed by atoms with Gasteiger partial charge in [-0.1, -0.05) is 13.8 Å². The van der Waals surface area contributed by atoms with Crippen molar-refractivity contribution < 1.29 is 4.74 Å². The number of rotatable bonds is 4. The van der Waals surface area contributed by atoms with Crippen LogP contribution in [0.1, 0.15) is 39.5 Å². The summed E-state index contributed by atoms with van der Waals surface area (Å²) in [6.45, 7) is 10.2. The van der Waals surface area contributed by atoms with Gasteiger partial charge < -0.3 is 15.0 Å². The summed E-state index contributed by atoms with van der Waals surface area (Å²) in [5, 5.41) is 3.57. The van der Waals surface area contributed by atoms with Crippen molar-refractivity contribution in [3.8, 4) is 0 Å². The van der Waals surface area contributed by atoms with E-state index in [1.54, 1.807) is 0 Å². The second kappa shape index (κ2) is 6.72. The van der Waals surface area contributed by atoms with E-state index >= 15 is 0 Å². The van der Waals surface area contributed by atoms with Crippen molar-refractivity contribution in [1.82, 2.24) is 10.2 Å². The predicted octanol–water partition coefficient (Wildman–Crippen LogP) is 1.88. The fourth-order valence-electron chi connectivity index (χ4n) is 2.97. The summed E-state index contributed by atoms with van der Waals surface area (Å²) in [7, 11) is 0. The highest BCUT2D eigenvalue weighted by molar-refractivity contribution is 4.81. The maximum Gasteiger partial charge on any atom is 0.0480 e. The summed E-state index contributed by atoms with van der Waals surface area (Å²) >= 11 is 0. The lowest BCUT2D eigenvalue weighted by Crippen LogP contribution is -2.45. The molecule has 0 unspecified atom stereocenters. The van der Waals surface area contributed by atoms with Crippen molar-refractivity contribution in [3.63, 3.8) is 0 Å². The van der Waals surface area contributed by atoms with Crippen molar-refractivity contribution in [2.24, 2.45) is 5.92 Å². The second-order valence-corrected chi connectivity index (χ2v) is 5.89. The lowest BCUT2D eigenvalue weighted by molar-refractivity contribution is 0.0210. The summed E-state index contributed by atoms with van der Waals surface area (Å²) in [5.74, 6) is 0.897. The fourth-order valence-corrected chi connectivity index (χ4v) is 2.97. The molecule has 100 valence electrons. The molecule has 0 aromatic rings. The van der Waals surface area contributed by atoms with E-state index in [4.69, 9.17) is 4.74 Å². The minimum atomic E-state index is 0.628. The molecule has 2 aliphatic rings. The highest BCUT2D eigenvalue weighted by Crippen LogP contribution is 2.22. The maximum atomic E-state index is 5.44. The van der Waals surface area contributed by atoms with E-state index in [1.165, 1.54) is 45.3 Å². The van der Waals surface area contributed by atoms with Gasteiger partial charge in [0.25, 0.3) is 0 Å². The molecule has 0 spiro atoms. The van der Waals surface area contributed by atoms with Crippen molar-refractivity contribution in [2.45, 2.75) is 51.6 Å². The van der Waals surface area contributed by atoms with E-state index in [0.29, 0.717) is 6.04 Å². The normalized spacial score (nSPS) is 25.6. The van der Waals surface area contributed by atoms with Crippen LogP contribution in [0.3, 0.4) is 0 Å². The Kier molecular flexibility index (Phi) is 5.26. The molecule has 0 bridgehead atoms. The molecule has 2 aliphatic heterocycles. The van der Waals surface area contributed by atoms with Gasteiger partial charge in [0.15, 0.2) is 0 Å². The molecule has 0 aromatic heterocycles. The molecule has 2 heterocycles. The Labute approximate surface area is 106 Å². The molecule has 0 atom stereocenters. The number of likely N-dealkylation sites (tertiary alicyclic amines) is 1. The lowest BCUT2D eigenvalue weighted by Gasteiger charge is -2.39. The van der Waals surface area contributed by atoms with Gasteiger partial charge in [-0.3, -0.25) is 0 Å². The van der Waals surface area contributed by atoms with Crippen molar-refractivity contribution in [3.05, 3.63) is 0 Å². The van der Waals surface area contributed by atoms with Crippen LogP contribution in [0.25, 0.3) is 0 Å². The molecule has 2 fully saturated rings. The first-order valence-electron chi connectivity index (χ1n) is 7.31. The van der Waals surface area contributed by atoms with Crippen LogP contribution >= 0.6 is 0 Å². The summed E-state index contributed by atoms with van der Waals surface area (Å²) in [6, 6.07) is 1.44. The van der Waals surface area contributed by atoms with Crippen LogP contribution in [0.2, 0.25) is 0 Å². The number of piperidine rings is 1. The van der Waals surface area contributed by atoms with Gasteiger partial charge in [-0.2, -0.15) is 0 Å². The third kappa shape index (κ3) is 4.23. The van der Waals surface area contributed by atoms with Gasteiger partial charge in [-0.05, 0) is 51.2 Å². The number of hydrogen-bond acceptors (Lipinski definition) is 3. The Hall–Kier alpha value is -0.120. The summed E-state index contributed by atoms with van der Waals surface area (Å²) in [4.78, 5) is 2.70. The van der Waals surface area contributed by atoms with Gasteiger partial charge in [0.1, 0.15) is 0 Å². The first-order valence-corrected chi connectivity index (χ1v) is 7.31. The van der Waals surface area contributed by atoms with Gasteiger partial charge in [0.2, 0.25) is 0 Å². The molecule has 3 nitrogen and oxygen atoms in total. The molecule has 0 aromatic carbocycles. The zero-order valence-corrected chi connectivity index (χ0v) is 11.5. The van der Waals surface area contributed by atoms with Crippen molar-refractivity contribution in [2.75, 3.05) is 32.8 Å². The largest absolute Gasteiger partial charge is 0.381 e. The standard InChI is InChI=1S/C14H28N2O/c1-12(2)15-11-13-3-7-16(8-4-13)14-5-9-17-10-6-14/h12-15H,3-11H2,1-2H3. The van der Waals surface area contributed by atoms with Crippen LogP contribution in [0.4, 0.5) is 0 Å². The number of nitrogens with one attached hydrogen (secondary N) is 1. The molecule has 0 aliphatic carbocycles. The van der Waals surface area contributed by atoms with E-state index in [-0.39, 0.29) is 0 Å². The van der Waals surface area contributed by atoms with Crippen LogP contribution in [-0.2, 0) is 4.74 Å². The molecule has 0 amide bonds. The lowest BCUT2D eigenvalue weighted by atomic mass is 9.94. The fraction of sp³-hybridized carbons (Fsp3) is 1.00. The first kappa shape index (κ1) is 13.3. The zero-order valence-electron chi connectivity index (χ0n) is 11.5. The Morgan fingerprint density at radius 1 is 1.12 bits per heavy atom. The van der Waals surface area contributed by atoms with Gasteiger partial charge in [-0.15, -0.1) is 0 Å². The SMILES string of the molecule is CC(C)NCC1CCN(C2CCOCC2)CC1. The molecule has 0 radical (unpaired) electrons. The van der Waals surface area contributed by atoms with Crippen LogP contribution in [0.15, 0.2) is 0 Å². The topological polar surface area (TPSA) is 24.5 Å². The molecular weight excluding hydrogens is 212 g/mol. The number of nitrogens with zero attached hydrogens (tertiary/aromatic N) is 1. The van der Waals surface area contributed by atoms with Crippen LogP contribution in [0.5, 0.6) is 0 Å². The van der Waals surface area contributed by atoms with E-state index in [9.17, 15) is 0 Å². The third-order valence-electron chi connectivity index (χ3n) is 4.17. The highest BCUT2D eigenvalue weighted by atomic mass is 16.5. The Balaban J connectivity index is 1.66. The van der Waals surface area contributed by atoms with Gasteiger partial charge in [0, 0.05) is 25.3 Å².